The van der Waals surface area contributed by atoms with Gasteiger partial charge in [0.2, 0.25) is 10.0 Å². The second kappa shape index (κ2) is 10.1. The van der Waals surface area contributed by atoms with E-state index in [1.807, 2.05) is 33.8 Å². The third kappa shape index (κ3) is 5.47. The van der Waals surface area contributed by atoms with Crippen LogP contribution in [0.15, 0.2) is 35.5 Å². The van der Waals surface area contributed by atoms with Crippen LogP contribution in [0.5, 0.6) is 0 Å². The first-order chi connectivity index (χ1) is 15.6. The first kappa shape index (κ1) is 25.0. The van der Waals surface area contributed by atoms with Gasteiger partial charge in [0.15, 0.2) is 16.8 Å². The van der Waals surface area contributed by atoms with E-state index in [-0.39, 0.29) is 18.1 Å². The standard InChI is InChI=1S/C22H28FN5O3S2/c1-6-26-15(3)12-19(16(26)4)20(29)14-32-22-25-24-21(27(22)7-2)13-28(33(5,30)31)18-10-8-17(23)9-11-18/h8-12H,6-7,13-14H2,1-5H3. The molecule has 0 amide bonds. The van der Waals surface area contributed by atoms with Crippen molar-refractivity contribution >= 4 is 33.3 Å². The number of nitrogens with zero attached hydrogens (tertiary/aromatic N) is 5. The summed E-state index contributed by atoms with van der Waals surface area (Å²) in [7, 11) is -3.65. The van der Waals surface area contributed by atoms with Gasteiger partial charge in [-0.1, -0.05) is 11.8 Å². The number of hydrogen-bond acceptors (Lipinski definition) is 6. The number of rotatable bonds is 10. The van der Waals surface area contributed by atoms with E-state index in [2.05, 4.69) is 14.8 Å². The van der Waals surface area contributed by atoms with Crippen molar-refractivity contribution in [2.24, 2.45) is 0 Å². The molecular formula is C22H28FN5O3S2. The Morgan fingerprint density at radius 3 is 2.27 bits per heavy atom. The van der Waals surface area contributed by atoms with Gasteiger partial charge in [0.25, 0.3) is 0 Å². The van der Waals surface area contributed by atoms with Gasteiger partial charge in [-0.05, 0) is 58.0 Å². The van der Waals surface area contributed by atoms with Crippen LogP contribution in [-0.2, 0) is 29.7 Å². The van der Waals surface area contributed by atoms with Gasteiger partial charge in [0.05, 0.1) is 24.2 Å². The molecule has 0 aliphatic carbocycles. The van der Waals surface area contributed by atoms with Gasteiger partial charge in [0.1, 0.15) is 5.82 Å². The van der Waals surface area contributed by atoms with Crippen molar-refractivity contribution in [1.29, 1.82) is 0 Å². The highest BCUT2D eigenvalue weighted by atomic mass is 32.2. The third-order valence-electron chi connectivity index (χ3n) is 5.43. The predicted molar refractivity (Wildman–Crippen MR) is 128 cm³/mol. The molecule has 0 saturated carbocycles. The number of ketones is 1. The molecule has 8 nitrogen and oxygen atoms in total. The largest absolute Gasteiger partial charge is 0.349 e. The number of hydrogen-bond donors (Lipinski definition) is 0. The Morgan fingerprint density at radius 1 is 1.09 bits per heavy atom. The highest BCUT2D eigenvalue weighted by molar-refractivity contribution is 7.99. The zero-order chi connectivity index (χ0) is 24.3. The topological polar surface area (TPSA) is 90.1 Å². The molecule has 0 radical (unpaired) electrons. The van der Waals surface area contributed by atoms with E-state index >= 15 is 0 Å². The Labute approximate surface area is 197 Å². The fourth-order valence-corrected chi connectivity index (χ4v) is 5.53. The van der Waals surface area contributed by atoms with Crippen LogP contribution in [0.4, 0.5) is 10.1 Å². The number of carbonyl (C=O) groups is 1. The maximum atomic E-state index is 13.3. The summed E-state index contributed by atoms with van der Waals surface area (Å²) in [5.74, 6) is 0.183. The number of Topliss-reactive ketones (excluding diaryl/α,β-unsaturated/α-hetero) is 1. The molecule has 0 fully saturated rings. The molecule has 0 atom stereocenters. The van der Waals surface area contributed by atoms with Crippen LogP contribution in [0.2, 0.25) is 0 Å². The van der Waals surface area contributed by atoms with Crippen LogP contribution < -0.4 is 4.31 Å². The lowest BCUT2D eigenvalue weighted by atomic mass is 10.2. The molecule has 1 aromatic carbocycles. The first-order valence-corrected chi connectivity index (χ1v) is 13.4. The van der Waals surface area contributed by atoms with Gasteiger partial charge < -0.3 is 9.13 Å². The summed E-state index contributed by atoms with van der Waals surface area (Å²) in [6.07, 6.45) is 1.09. The van der Waals surface area contributed by atoms with Crippen LogP contribution in [0.1, 0.15) is 41.4 Å². The minimum atomic E-state index is -3.65. The molecule has 2 aromatic heterocycles. The Bertz CT molecular complexity index is 1250. The van der Waals surface area contributed by atoms with Crippen molar-refractivity contribution in [3.05, 3.63) is 58.9 Å². The van der Waals surface area contributed by atoms with Crippen LogP contribution in [0, 0.1) is 19.7 Å². The molecule has 0 saturated heterocycles. The molecule has 2 heterocycles. The lowest BCUT2D eigenvalue weighted by molar-refractivity contribution is 0.102. The predicted octanol–water partition coefficient (Wildman–Crippen LogP) is 3.82. The number of carbonyl (C=O) groups excluding carboxylic acids is 1. The number of aromatic nitrogens is 4. The van der Waals surface area contributed by atoms with Crippen molar-refractivity contribution in [3.63, 3.8) is 0 Å². The van der Waals surface area contributed by atoms with Gasteiger partial charge in [-0.3, -0.25) is 9.10 Å². The van der Waals surface area contributed by atoms with Gasteiger partial charge in [-0.25, -0.2) is 12.8 Å². The van der Waals surface area contributed by atoms with Crippen LogP contribution in [-0.4, -0.2) is 45.5 Å². The van der Waals surface area contributed by atoms with Gasteiger partial charge in [-0.15, -0.1) is 10.2 Å². The molecule has 0 aliphatic rings. The average molecular weight is 494 g/mol. The Balaban J connectivity index is 1.80. The maximum absolute atomic E-state index is 13.3. The highest BCUT2D eigenvalue weighted by Crippen LogP contribution is 2.24. The van der Waals surface area contributed by atoms with Crippen LogP contribution >= 0.6 is 11.8 Å². The molecule has 3 aromatic rings. The molecule has 0 N–H and O–H groups in total. The Morgan fingerprint density at radius 2 is 1.73 bits per heavy atom. The average Bonchev–Trinajstić information content (AvgIpc) is 3.29. The zero-order valence-corrected chi connectivity index (χ0v) is 21.0. The lowest BCUT2D eigenvalue weighted by Gasteiger charge is -2.22. The van der Waals surface area contributed by atoms with Crippen molar-refractivity contribution in [2.45, 2.75) is 52.5 Å². The number of benzene rings is 1. The molecule has 11 heteroatoms. The number of halogens is 1. The summed E-state index contributed by atoms with van der Waals surface area (Å²) in [5.41, 5.74) is 3.02. The second-order valence-corrected chi connectivity index (χ2v) is 10.5. The summed E-state index contributed by atoms with van der Waals surface area (Å²) in [4.78, 5) is 12.8. The monoisotopic (exact) mass is 493 g/mol. The second-order valence-electron chi connectivity index (χ2n) is 7.63. The van der Waals surface area contributed by atoms with Crippen LogP contribution in [0.3, 0.4) is 0 Å². The van der Waals surface area contributed by atoms with Crippen molar-refractivity contribution in [1.82, 2.24) is 19.3 Å². The quantitative estimate of drug-likeness (QED) is 0.315. The summed E-state index contributed by atoms with van der Waals surface area (Å²) < 4.78 is 43.2. The van der Waals surface area contributed by atoms with Crippen molar-refractivity contribution < 1.29 is 17.6 Å². The van der Waals surface area contributed by atoms with E-state index in [9.17, 15) is 17.6 Å². The minimum absolute atomic E-state index is 0.00378. The van der Waals surface area contributed by atoms with Gasteiger partial charge in [0, 0.05) is 30.0 Å². The Hall–Kier alpha value is -2.66. The molecular weight excluding hydrogens is 465 g/mol. The summed E-state index contributed by atoms with van der Waals surface area (Å²) >= 11 is 1.27. The summed E-state index contributed by atoms with van der Waals surface area (Å²) in [5, 5.41) is 8.91. The van der Waals surface area contributed by atoms with E-state index in [1.54, 1.807) is 4.57 Å². The van der Waals surface area contributed by atoms with Crippen molar-refractivity contribution in [2.75, 3.05) is 16.3 Å². The van der Waals surface area contributed by atoms with E-state index in [4.69, 9.17) is 0 Å². The van der Waals surface area contributed by atoms with Gasteiger partial charge in [-0.2, -0.15) is 0 Å². The van der Waals surface area contributed by atoms with E-state index < -0.39 is 15.8 Å². The lowest BCUT2D eigenvalue weighted by Crippen LogP contribution is -2.30. The molecule has 0 spiro atoms. The Kier molecular flexibility index (Phi) is 7.63. The molecule has 3 rings (SSSR count). The number of thioether (sulfide) groups is 1. The minimum Gasteiger partial charge on any atom is -0.349 e. The number of anilines is 1. The number of aryl methyl sites for hydroxylation is 1. The van der Waals surface area contributed by atoms with E-state index in [1.165, 1.54) is 36.0 Å². The fourth-order valence-electron chi connectivity index (χ4n) is 3.77. The van der Waals surface area contributed by atoms with Crippen molar-refractivity contribution in [3.8, 4) is 0 Å². The maximum Gasteiger partial charge on any atom is 0.232 e. The van der Waals surface area contributed by atoms with Crippen LogP contribution in [0.25, 0.3) is 0 Å². The zero-order valence-electron chi connectivity index (χ0n) is 19.4. The molecule has 178 valence electrons. The highest BCUT2D eigenvalue weighted by Gasteiger charge is 2.23. The third-order valence-corrected chi connectivity index (χ3v) is 7.54. The normalized spacial score (nSPS) is 11.7. The fraction of sp³-hybridized carbons (Fsp3) is 0.409. The molecule has 33 heavy (non-hydrogen) atoms. The smallest absolute Gasteiger partial charge is 0.232 e. The SMILES string of the molecule is CCn1c(CN(c2ccc(F)cc2)S(C)(=O)=O)nnc1SCC(=O)c1cc(C)n(CC)c1C. The van der Waals surface area contributed by atoms with E-state index in [0.29, 0.717) is 28.8 Å². The number of sulfonamides is 1. The summed E-state index contributed by atoms with van der Waals surface area (Å²) in [6, 6.07) is 7.14. The van der Waals surface area contributed by atoms with E-state index in [0.717, 1.165) is 28.5 Å². The van der Waals surface area contributed by atoms with Gasteiger partial charge >= 0.3 is 0 Å². The molecule has 0 aliphatic heterocycles. The summed E-state index contributed by atoms with van der Waals surface area (Å²) in [6.45, 7) is 9.11. The first-order valence-electron chi connectivity index (χ1n) is 10.5. The molecule has 0 bridgehead atoms. The molecule has 0 unspecified atom stereocenters.